The molecule has 3 aromatic rings. The van der Waals surface area contributed by atoms with Crippen molar-refractivity contribution >= 4 is 35.2 Å². The smallest absolute Gasteiger partial charge is 0.319 e. The molecule has 39 heavy (non-hydrogen) atoms. The number of benzene rings is 3. The summed E-state index contributed by atoms with van der Waals surface area (Å²) >= 11 is 6.04. The minimum Gasteiger partial charge on any atom is -0.481 e. The third-order valence-electron chi connectivity index (χ3n) is 6.84. The molecule has 0 bridgehead atoms. The van der Waals surface area contributed by atoms with Crippen molar-refractivity contribution in [3.05, 3.63) is 101 Å². The fourth-order valence-electron chi connectivity index (χ4n) is 4.88. The van der Waals surface area contributed by atoms with E-state index >= 15 is 0 Å². The number of rotatable bonds is 10. The van der Waals surface area contributed by atoms with E-state index in [0.717, 1.165) is 11.1 Å². The molecule has 8 nitrogen and oxygen atoms in total. The van der Waals surface area contributed by atoms with Crippen molar-refractivity contribution in [3.63, 3.8) is 0 Å². The number of urea groups is 1. The van der Waals surface area contributed by atoms with Crippen molar-refractivity contribution < 1.29 is 24.2 Å². The first-order chi connectivity index (χ1) is 18.8. The molecule has 1 saturated heterocycles. The second-order valence-electron chi connectivity index (χ2n) is 9.67. The Morgan fingerprint density at radius 2 is 1.72 bits per heavy atom. The number of carboxylic acids is 1. The minimum atomic E-state index is -1.06. The zero-order valence-electron chi connectivity index (χ0n) is 21.6. The van der Waals surface area contributed by atoms with Gasteiger partial charge in [-0.1, -0.05) is 78.3 Å². The van der Waals surface area contributed by atoms with Gasteiger partial charge in [0.15, 0.2) is 0 Å². The quantitative estimate of drug-likeness (QED) is 0.318. The van der Waals surface area contributed by atoms with E-state index in [4.69, 9.17) is 16.3 Å². The number of nitrogens with zero attached hydrogens (tertiary/aromatic N) is 1. The molecule has 0 aromatic heterocycles. The zero-order valence-corrected chi connectivity index (χ0v) is 22.4. The largest absolute Gasteiger partial charge is 0.481 e. The molecule has 204 valence electrons. The van der Waals surface area contributed by atoms with E-state index in [9.17, 15) is 19.5 Å². The van der Waals surface area contributed by atoms with Crippen molar-refractivity contribution in [1.82, 2.24) is 10.2 Å². The second kappa shape index (κ2) is 13.3. The fraction of sp³-hybridized carbons (Fsp3) is 0.300. The number of nitrogens with one attached hydrogen (secondary N) is 2. The first-order valence-corrected chi connectivity index (χ1v) is 13.2. The lowest BCUT2D eigenvalue weighted by atomic mass is 9.95. The number of likely N-dealkylation sites (tertiary alicyclic amines) is 1. The predicted octanol–water partition coefficient (Wildman–Crippen LogP) is 5.29. The summed E-state index contributed by atoms with van der Waals surface area (Å²) in [5.41, 5.74) is 2.44. The second-order valence-corrected chi connectivity index (χ2v) is 10.1. The zero-order chi connectivity index (χ0) is 27.8. The van der Waals surface area contributed by atoms with Crippen molar-refractivity contribution in [3.8, 4) is 0 Å². The maximum absolute atomic E-state index is 14.0. The van der Waals surface area contributed by atoms with Gasteiger partial charge in [0.2, 0.25) is 5.91 Å². The van der Waals surface area contributed by atoms with Crippen molar-refractivity contribution in [1.29, 1.82) is 0 Å². The normalized spacial score (nSPS) is 18.3. The summed E-state index contributed by atoms with van der Waals surface area (Å²) in [6.07, 6.45) is -0.373. The third-order valence-corrected chi connectivity index (χ3v) is 7.07. The van der Waals surface area contributed by atoms with Gasteiger partial charge in [-0.3, -0.25) is 9.59 Å². The first kappa shape index (κ1) is 28.1. The summed E-state index contributed by atoms with van der Waals surface area (Å²) < 4.78 is 6.04. The molecule has 3 aromatic carbocycles. The number of halogens is 1. The molecule has 4 rings (SSSR count). The SMILES string of the molecule is C[C@@H](OCc1ccccc1)[C@H](NC(=O)Nc1cccc(Cl)c1)C(=O)N1C[C@@H](c2ccccc2)C[C@@H]1CC(=O)O. The Balaban J connectivity index is 1.55. The number of hydrogen-bond donors (Lipinski definition) is 3. The number of ether oxygens (including phenoxy) is 1. The number of anilines is 1. The average Bonchev–Trinajstić information content (AvgIpc) is 3.34. The van der Waals surface area contributed by atoms with Gasteiger partial charge < -0.3 is 25.4 Å². The van der Waals surface area contributed by atoms with Crippen LogP contribution in [0.4, 0.5) is 10.5 Å². The molecule has 1 fully saturated rings. The van der Waals surface area contributed by atoms with E-state index in [1.165, 1.54) is 0 Å². The molecule has 0 radical (unpaired) electrons. The van der Waals surface area contributed by atoms with Crippen molar-refractivity contribution in [2.45, 2.75) is 50.5 Å². The van der Waals surface area contributed by atoms with Gasteiger partial charge in [0.1, 0.15) is 6.04 Å². The van der Waals surface area contributed by atoms with Crippen LogP contribution in [-0.4, -0.2) is 52.6 Å². The Hall–Kier alpha value is -3.88. The number of amides is 3. The molecule has 4 atom stereocenters. The average molecular weight is 550 g/mol. The Morgan fingerprint density at radius 1 is 1.03 bits per heavy atom. The molecule has 0 saturated carbocycles. The maximum atomic E-state index is 14.0. The van der Waals surface area contributed by atoms with Crippen LogP contribution in [0.5, 0.6) is 0 Å². The molecule has 1 heterocycles. The minimum absolute atomic E-state index is 0.0130. The Labute approximate surface area is 232 Å². The van der Waals surface area contributed by atoms with Gasteiger partial charge in [-0.15, -0.1) is 0 Å². The molecule has 0 spiro atoms. The van der Waals surface area contributed by atoms with Crippen LogP contribution in [0.1, 0.15) is 36.8 Å². The summed E-state index contributed by atoms with van der Waals surface area (Å²) in [4.78, 5) is 40.3. The van der Waals surface area contributed by atoms with Crippen LogP contribution in [0.3, 0.4) is 0 Å². The molecular weight excluding hydrogens is 518 g/mol. The van der Waals surface area contributed by atoms with E-state index in [0.29, 0.717) is 23.7 Å². The van der Waals surface area contributed by atoms with Crippen molar-refractivity contribution in [2.75, 3.05) is 11.9 Å². The van der Waals surface area contributed by atoms with E-state index in [1.54, 1.807) is 36.1 Å². The van der Waals surface area contributed by atoms with Crippen LogP contribution in [0, 0.1) is 0 Å². The lowest BCUT2D eigenvalue weighted by Gasteiger charge is -2.31. The lowest BCUT2D eigenvalue weighted by Crippen LogP contribution is -2.56. The highest BCUT2D eigenvalue weighted by Gasteiger charge is 2.41. The van der Waals surface area contributed by atoms with Crippen LogP contribution in [0.2, 0.25) is 5.02 Å². The highest BCUT2D eigenvalue weighted by molar-refractivity contribution is 6.30. The van der Waals surface area contributed by atoms with E-state index in [2.05, 4.69) is 10.6 Å². The van der Waals surface area contributed by atoms with E-state index in [1.807, 2.05) is 60.7 Å². The van der Waals surface area contributed by atoms with Crippen LogP contribution in [0.25, 0.3) is 0 Å². The molecule has 0 aliphatic carbocycles. The van der Waals surface area contributed by atoms with Gasteiger partial charge in [0, 0.05) is 29.2 Å². The summed E-state index contributed by atoms with van der Waals surface area (Å²) in [5, 5.41) is 15.5. The molecule has 3 N–H and O–H groups in total. The number of aliphatic carboxylic acids is 1. The molecule has 9 heteroatoms. The number of carbonyl (C=O) groups is 3. The summed E-state index contributed by atoms with van der Waals surface area (Å²) in [6.45, 7) is 2.32. The van der Waals surface area contributed by atoms with Crippen LogP contribution in [0.15, 0.2) is 84.9 Å². The summed E-state index contributed by atoms with van der Waals surface area (Å²) in [5.74, 6) is -1.38. The molecule has 1 aliphatic rings. The van der Waals surface area contributed by atoms with Gasteiger partial charge >= 0.3 is 12.0 Å². The third kappa shape index (κ3) is 7.81. The Morgan fingerprint density at radius 3 is 2.38 bits per heavy atom. The molecule has 0 unspecified atom stereocenters. The topological polar surface area (TPSA) is 108 Å². The standard InChI is InChI=1S/C30H32ClN3O5/c1-20(39-19-21-9-4-2-5-10-21)28(33-30(38)32-25-14-8-13-24(31)16-25)29(37)34-18-23(15-26(34)17-27(35)36)22-11-6-3-7-12-22/h2-14,16,20,23,26,28H,15,17-19H2,1H3,(H,35,36)(H2,32,33,38)/t20-,23+,26-,28+/m1/s1. The highest BCUT2D eigenvalue weighted by atomic mass is 35.5. The lowest BCUT2D eigenvalue weighted by molar-refractivity contribution is -0.142. The number of carboxylic acid groups (broad SMARTS) is 1. The van der Waals surface area contributed by atoms with E-state index in [-0.39, 0.29) is 24.9 Å². The molecular formula is C30H32ClN3O5. The van der Waals surface area contributed by atoms with Gasteiger partial charge in [0.25, 0.3) is 0 Å². The van der Waals surface area contributed by atoms with Crippen molar-refractivity contribution in [2.24, 2.45) is 0 Å². The van der Waals surface area contributed by atoms with Gasteiger partial charge in [-0.25, -0.2) is 4.79 Å². The Bertz CT molecular complexity index is 1270. The van der Waals surface area contributed by atoms with Gasteiger partial charge in [-0.2, -0.15) is 0 Å². The fourth-order valence-corrected chi connectivity index (χ4v) is 5.07. The van der Waals surface area contributed by atoms with Gasteiger partial charge in [-0.05, 0) is 42.7 Å². The maximum Gasteiger partial charge on any atom is 0.319 e. The molecule has 1 aliphatic heterocycles. The summed E-state index contributed by atoms with van der Waals surface area (Å²) in [6, 6.07) is 23.8. The number of hydrogen-bond acceptors (Lipinski definition) is 4. The van der Waals surface area contributed by atoms with Crippen LogP contribution >= 0.6 is 11.6 Å². The Kier molecular flexibility index (Phi) is 9.57. The summed E-state index contributed by atoms with van der Waals surface area (Å²) in [7, 11) is 0. The predicted molar refractivity (Wildman–Crippen MR) is 150 cm³/mol. The monoisotopic (exact) mass is 549 g/mol. The van der Waals surface area contributed by atoms with Crippen LogP contribution < -0.4 is 10.6 Å². The highest BCUT2D eigenvalue weighted by Crippen LogP contribution is 2.34. The number of carbonyl (C=O) groups excluding carboxylic acids is 2. The van der Waals surface area contributed by atoms with Crippen LogP contribution in [-0.2, 0) is 20.9 Å². The van der Waals surface area contributed by atoms with Gasteiger partial charge in [0.05, 0.1) is 19.1 Å². The molecule has 3 amide bonds. The first-order valence-electron chi connectivity index (χ1n) is 12.9. The van der Waals surface area contributed by atoms with E-state index < -0.39 is 30.2 Å².